The Balaban J connectivity index is 1.53. The van der Waals surface area contributed by atoms with Gasteiger partial charge in [-0.25, -0.2) is 9.99 Å². The molecule has 0 fully saturated rings. The number of aromatic amines is 1. The van der Waals surface area contributed by atoms with Crippen molar-refractivity contribution in [3.8, 4) is 11.5 Å². The van der Waals surface area contributed by atoms with Crippen molar-refractivity contribution in [2.75, 3.05) is 19.0 Å². The molecule has 0 radical (unpaired) electrons. The van der Waals surface area contributed by atoms with E-state index in [1.807, 2.05) is 37.3 Å². The Morgan fingerprint density at radius 3 is 2.63 bits per heavy atom. The maximum Gasteiger partial charge on any atom is 0.275 e. The highest BCUT2D eigenvalue weighted by atomic mass is 16.5. The molecule has 1 aliphatic heterocycles. The predicted octanol–water partition coefficient (Wildman–Crippen LogP) is 4.23. The van der Waals surface area contributed by atoms with Crippen molar-refractivity contribution in [2.24, 2.45) is 11.0 Å². The van der Waals surface area contributed by atoms with Crippen LogP contribution < -0.4 is 14.8 Å². The van der Waals surface area contributed by atoms with Gasteiger partial charge in [0.15, 0.2) is 11.5 Å². The summed E-state index contributed by atoms with van der Waals surface area (Å²) in [6.45, 7) is 4.84. The van der Waals surface area contributed by atoms with Crippen LogP contribution in [0, 0.1) is 5.92 Å². The van der Waals surface area contributed by atoms with Gasteiger partial charge in [-0.3, -0.25) is 9.59 Å². The Morgan fingerprint density at radius 2 is 1.97 bits per heavy atom. The van der Waals surface area contributed by atoms with E-state index in [1.54, 1.807) is 19.2 Å². The molecule has 182 valence electrons. The van der Waals surface area contributed by atoms with E-state index in [-0.39, 0.29) is 17.7 Å². The van der Waals surface area contributed by atoms with Crippen LogP contribution in [0.5, 0.6) is 11.5 Å². The average molecular weight is 476 g/mol. The highest BCUT2D eigenvalue weighted by Crippen LogP contribution is 2.32. The van der Waals surface area contributed by atoms with E-state index in [1.165, 1.54) is 17.5 Å². The molecule has 1 unspecified atom stereocenters. The summed E-state index contributed by atoms with van der Waals surface area (Å²) in [5, 5.41) is 9.08. The molecule has 3 aromatic rings. The topological polar surface area (TPSA) is 109 Å². The number of anilines is 1. The van der Waals surface area contributed by atoms with Crippen molar-refractivity contribution in [2.45, 2.75) is 33.2 Å². The molecule has 0 saturated carbocycles. The first-order valence-corrected chi connectivity index (χ1v) is 11.6. The fourth-order valence-corrected chi connectivity index (χ4v) is 3.99. The second-order valence-electron chi connectivity index (χ2n) is 8.15. The smallest absolute Gasteiger partial charge is 0.275 e. The van der Waals surface area contributed by atoms with E-state index in [0.29, 0.717) is 42.5 Å². The zero-order valence-electron chi connectivity index (χ0n) is 20.1. The number of carbonyl (C=O) groups is 2. The molecule has 2 amide bonds. The van der Waals surface area contributed by atoms with Gasteiger partial charge in [-0.05, 0) is 49.2 Å². The standard InChI is InChI=1S/C26H29N5O4/c1-4-18-13-24(32)31(30-25(18)19-8-11-22(34-3)23(12-19)35-5-2)15-17-6-9-20(10-7-17)29-26(33)21-14-27-16-28-21/h6-12,14,16,18H,4-5,13,15H2,1-3H3,(H,27,28)(H,29,33). The second kappa shape index (κ2) is 10.9. The molecule has 0 aliphatic carbocycles. The summed E-state index contributed by atoms with van der Waals surface area (Å²) in [6.07, 6.45) is 4.18. The number of imidazole rings is 1. The number of nitrogens with one attached hydrogen (secondary N) is 2. The van der Waals surface area contributed by atoms with E-state index < -0.39 is 0 Å². The average Bonchev–Trinajstić information content (AvgIpc) is 3.42. The van der Waals surface area contributed by atoms with Gasteiger partial charge in [-0.2, -0.15) is 5.10 Å². The van der Waals surface area contributed by atoms with Gasteiger partial charge in [0.1, 0.15) is 5.69 Å². The van der Waals surface area contributed by atoms with Gasteiger partial charge < -0.3 is 19.8 Å². The maximum atomic E-state index is 12.9. The summed E-state index contributed by atoms with van der Waals surface area (Å²) in [5.74, 6) is 1.03. The van der Waals surface area contributed by atoms with Crippen LogP contribution in [0.3, 0.4) is 0 Å². The molecule has 9 heteroatoms. The number of methoxy groups -OCH3 is 1. The monoisotopic (exact) mass is 475 g/mol. The molecule has 2 N–H and O–H groups in total. The quantitative estimate of drug-likeness (QED) is 0.481. The van der Waals surface area contributed by atoms with E-state index in [4.69, 9.17) is 14.6 Å². The van der Waals surface area contributed by atoms with Crippen LogP contribution in [-0.4, -0.2) is 46.2 Å². The Hall–Kier alpha value is -4.14. The fourth-order valence-electron chi connectivity index (χ4n) is 3.99. The molecular formula is C26H29N5O4. The number of ether oxygens (including phenoxy) is 2. The second-order valence-corrected chi connectivity index (χ2v) is 8.15. The number of rotatable bonds is 9. The third-order valence-corrected chi connectivity index (χ3v) is 5.85. The van der Waals surface area contributed by atoms with E-state index in [2.05, 4.69) is 22.2 Å². The SMILES string of the molecule is CCOc1cc(C2=NN(Cc3ccc(NC(=O)c4c[nH]cn4)cc3)C(=O)CC2CC)ccc1OC. The van der Waals surface area contributed by atoms with Crippen LogP contribution in [0.2, 0.25) is 0 Å². The molecule has 0 spiro atoms. The molecule has 2 heterocycles. The summed E-state index contributed by atoms with van der Waals surface area (Å²) in [5.41, 5.74) is 3.63. The van der Waals surface area contributed by atoms with Crippen LogP contribution in [0.15, 0.2) is 60.1 Å². The lowest BCUT2D eigenvalue weighted by atomic mass is 9.89. The lowest BCUT2D eigenvalue weighted by Crippen LogP contribution is -2.36. The largest absolute Gasteiger partial charge is 0.493 e. The number of nitrogens with zero attached hydrogens (tertiary/aromatic N) is 3. The van der Waals surface area contributed by atoms with Gasteiger partial charge >= 0.3 is 0 Å². The summed E-state index contributed by atoms with van der Waals surface area (Å²) >= 11 is 0. The van der Waals surface area contributed by atoms with E-state index in [9.17, 15) is 9.59 Å². The Labute approximate surface area is 204 Å². The van der Waals surface area contributed by atoms with Crippen molar-refractivity contribution in [3.05, 3.63) is 71.8 Å². The third kappa shape index (κ3) is 5.51. The Morgan fingerprint density at radius 1 is 1.17 bits per heavy atom. The van der Waals surface area contributed by atoms with Gasteiger partial charge in [0.05, 0.1) is 32.3 Å². The van der Waals surface area contributed by atoms with Crippen LogP contribution in [-0.2, 0) is 11.3 Å². The highest BCUT2D eigenvalue weighted by Gasteiger charge is 2.29. The fraction of sp³-hybridized carbons (Fsp3) is 0.308. The van der Waals surface area contributed by atoms with Crippen molar-refractivity contribution in [1.82, 2.24) is 15.0 Å². The molecule has 9 nitrogen and oxygen atoms in total. The lowest BCUT2D eigenvalue weighted by molar-refractivity contribution is -0.133. The minimum absolute atomic E-state index is 0.0185. The number of H-pyrrole nitrogens is 1. The van der Waals surface area contributed by atoms with Gasteiger partial charge in [-0.1, -0.05) is 19.1 Å². The highest BCUT2D eigenvalue weighted by molar-refractivity contribution is 6.06. The zero-order chi connectivity index (χ0) is 24.8. The number of benzene rings is 2. The molecule has 0 bridgehead atoms. The first kappa shape index (κ1) is 24.0. The summed E-state index contributed by atoms with van der Waals surface area (Å²) in [6, 6.07) is 13.1. The molecule has 1 aromatic heterocycles. The molecule has 0 saturated heterocycles. The van der Waals surface area contributed by atoms with E-state index >= 15 is 0 Å². The van der Waals surface area contributed by atoms with Gasteiger partial charge in [-0.15, -0.1) is 0 Å². The number of hydrogen-bond acceptors (Lipinski definition) is 6. The summed E-state index contributed by atoms with van der Waals surface area (Å²) in [7, 11) is 1.61. The number of amides is 2. The van der Waals surface area contributed by atoms with Crippen LogP contribution in [0.4, 0.5) is 5.69 Å². The van der Waals surface area contributed by atoms with E-state index in [0.717, 1.165) is 23.3 Å². The molecule has 1 atom stereocenters. The summed E-state index contributed by atoms with van der Waals surface area (Å²) < 4.78 is 11.1. The third-order valence-electron chi connectivity index (χ3n) is 5.85. The van der Waals surface area contributed by atoms with Crippen LogP contribution in [0.25, 0.3) is 0 Å². The lowest BCUT2D eigenvalue weighted by Gasteiger charge is -2.29. The normalized spacial score (nSPS) is 15.5. The molecule has 4 rings (SSSR count). The van der Waals surface area contributed by atoms with Crippen molar-refractivity contribution in [3.63, 3.8) is 0 Å². The molecule has 2 aromatic carbocycles. The van der Waals surface area contributed by atoms with Gasteiger partial charge in [0.2, 0.25) is 5.91 Å². The zero-order valence-corrected chi connectivity index (χ0v) is 20.1. The predicted molar refractivity (Wildman–Crippen MR) is 133 cm³/mol. The van der Waals surface area contributed by atoms with Crippen molar-refractivity contribution >= 4 is 23.2 Å². The molecule has 35 heavy (non-hydrogen) atoms. The van der Waals surface area contributed by atoms with Crippen LogP contribution in [0.1, 0.15) is 48.3 Å². The van der Waals surface area contributed by atoms with Crippen molar-refractivity contribution in [1.29, 1.82) is 0 Å². The molecular weight excluding hydrogens is 446 g/mol. The first-order valence-electron chi connectivity index (χ1n) is 11.6. The molecule has 1 aliphatic rings. The Kier molecular flexibility index (Phi) is 7.45. The number of hydrogen-bond donors (Lipinski definition) is 2. The van der Waals surface area contributed by atoms with Crippen molar-refractivity contribution < 1.29 is 19.1 Å². The first-order chi connectivity index (χ1) is 17.0. The maximum absolute atomic E-state index is 12.9. The van der Waals surface area contributed by atoms with Gasteiger partial charge in [0.25, 0.3) is 5.91 Å². The Bertz CT molecular complexity index is 1200. The minimum atomic E-state index is -0.295. The minimum Gasteiger partial charge on any atom is -0.493 e. The number of hydrazone groups is 1. The number of aromatic nitrogens is 2. The van der Waals surface area contributed by atoms with Gasteiger partial charge in [0, 0.05) is 29.8 Å². The number of carbonyl (C=O) groups excluding carboxylic acids is 2. The summed E-state index contributed by atoms with van der Waals surface area (Å²) in [4.78, 5) is 31.7. The van der Waals surface area contributed by atoms with Crippen LogP contribution >= 0.6 is 0 Å².